The number of rotatable bonds is 6. The molecule has 7 nitrogen and oxygen atoms in total. The standard InChI is InChI=1S/C15H18N2O5.ClH/c16-14(19)10-2-1-3-12(8-10)22-7-5-13(18)17-6-4-11(9-17)15(20)21;/h1-3,8,11H,4-7,9H2,(H2,16,19)(H,20,21);1H. The summed E-state index contributed by atoms with van der Waals surface area (Å²) in [5.74, 6) is -1.55. The van der Waals surface area contributed by atoms with Crippen molar-refractivity contribution in [1.29, 1.82) is 0 Å². The number of nitrogens with two attached hydrogens (primary N) is 1. The lowest BCUT2D eigenvalue weighted by Crippen LogP contribution is -2.30. The van der Waals surface area contributed by atoms with Crippen LogP contribution in [0.3, 0.4) is 0 Å². The Morgan fingerprint density at radius 3 is 2.70 bits per heavy atom. The van der Waals surface area contributed by atoms with E-state index in [1.807, 2.05) is 0 Å². The molecule has 0 bridgehead atoms. The number of amides is 2. The van der Waals surface area contributed by atoms with E-state index in [4.69, 9.17) is 15.6 Å². The van der Waals surface area contributed by atoms with Gasteiger partial charge in [0.25, 0.3) is 0 Å². The number of hydrogen-bond donors (Lipinski definition) is 2. The Morgan fingerprint density at radius 1 is 1.35 bits per heavy atom. The topological polar surface area (TPSA) is 110 Å². The predicted molar refractivity (Wildman–Crippen MR) is 84.6 cm³/mol. The van der Waals surface area contributed by atoms with Gasteiger partial charge in [0.05, 0.1) is 18.9 Å². The van der Waals surface area contributed by atoms with Crippen LogP contribution >= 0.6 is 12.4 Å². The maximum atomic E-state index is 12.0. The Hall–Kier alpha value is -2.28. The van der Waals surface area contributed by atoms with E-state index >= 15 is 0 Å². The van der Waals surface area contributed by atoms with Gasteiger partial charge in [-0.25, -0.2) is 0 Å². The first-order valence-corrected chi connectivity index (χ1v) is 7.00. The molecule has 2 rings (SSSR count). The van der Waals surface area contributed by atoms with Gasteiger partial charge in [-0.1, -0.05) is 6.07 Å². The summed E-state index contributed by atoms with van der Waals surface area (Å²) >= 11 is 0. The molecule has 8 heteroatoms. The molecule has 0 radical (unpaired) electrons. The third-order valence-corrected chi connectivity index (χ3v) is 3.59. The van der Waals surface area contributed by atoms with Crippen LogP contribution in [0.15, 0.2) is 24.3 Å². The first-order chi connectivity index (χ1) is 10.5. The number of ether oxygens (including phenoxy) is 1. The van der Waals surface area contributed by atoms with E-state index in [1.54, 1.807) is 23.1 Å². The zero-order valence-electron chi connectivity index (χ0n) is 12.4. The molecule has 1 heterocycles. The lowest BCUT2D eigenvalue weighted by Gasteiger charge is -2.16. The number of halogens is 1. The first kappa shape index (κ1) is 18.8. The normalized spacial score (nSPS) is 16.5. The van der Waals surface area contributed by atoms with Crippen molar-refractivity contribution in [3.05, 3.63) is 29.8 Å². The number of aliphatic carboxylic acids is 1. The maximum absolute atomic E-state index is 12.0. The molecule has 0 aromatic heterocycles. The third-order valence-electron chi connectivity index (χ3n) is 3.59. The summed E-state index contributed by atoms with van der Waals surface area (Å²) in [5, 5.41) is 8.91. The minimum Gasteiger partial charge on any atom is -0.493 e. The fraction of sp³-hybridized carbons (Fsp3) is 0.400. The summed E-state index contributed by atoms with van der Waals surface area (Å²) in [6, 6.07) is 6.42. The van der Waals surface area contributed by atoms with Crippen LogP contribution in [0.5, 0.6) is 5.75 Å². The van der Waals surface area contributed by atoms with E-state index in [0.29, 0.717) is 24.3 Å². The van der Waals surface area contributed by atoms with Gasteiger partial charge < -0.3 is 20.5 Å². The highest BCUT2D eigenvalue weighted by Crippen LogP contribution is 2.18. The molecule has 3 N–H and O–H groups in total. The van der Waals surface area contributed by atoms with Crippen LogP contribution in [-0.2, 0) is 9.59 Å². The molecule has 126 valence electrons. The maximum Gasteiger partial charge on any atom is 0.308 e. The molecule has 0 aliphatic carbocycles. The van der Waals surface area contributed by atoms with Crippen molar-refractivity contribution >= 4 is 30.2 Å². The van der Waals surface area contributed by atoms with Crippen LogP contribution in [0.1, 0.15) is 23.2 Å². The van der Waals surface area contributed by atoms with E-state index in [2.05, 4.69) is 0 Å². The van der Waals surface area contributed by atoms with E-state index < -0.39 is 17.8 Å². The summed E-state index contributed by atoms with van der Waals surface area (Å²) in [5.41, 5.74) is 5.52. The van der Waals surface area contributed by atoms with Crippen LogP contribution in [-0.4, -0.2) is 47.5 Å². The molecule has 23 heavy (non-hydrogen) atoms. The van der Waals surface area contributed by atoms with Crippen LogP contribution in [0.25, 0.3) is 0 Å². The molecule has 1 aromatic rings. The number of carbonyl (C=O) groups is 3. The van der Waals surface area contributed by atoms with Gasteiger partial charge in [-0.05, 0) is 24.6 Å². The van der Waals surface area contributed by atoms with Crippen molar-refractivity contribution in [2.75, 3.05) is 19.7 Å². The largest absolute Gasteiger partial charge is 0.493 e. The van der Waals surface area contributed by atoms with E-state index in [0.717, 1.165) is 0 Å². The van der Waals surface area contributed by atoms with Gasteiger partial charge in [0, 0.05) is 18.7 Å². The Kier molecular flexibility index (Phi) is 6.84. The van der Waals surface area contributed by atoms with E-state index in [-0.39, 0.29) is 37.9 Å². The highest BCUT2D eigenvalue weighted by molar-refractivity contribution is 5.93. The summed E-state index contributed by atoms with van der Waals surface area (Å²) in [6.45, 7) is 0.883. The molecular formula is C15H19ClN2O5. The second-order valence-corrected chi connectivity index (χ2v) is 5.15. The highest BCUT2D eigenvalue weighted by atomic mass is 35.5. The van der Waals surface area contributed by atoms with Crippen LogP contribution in [0, 0.1) is 5.92 Å². The number of carboxylic acid groups (broad SMARTS) is 1. The van der Waals surface area contributed by atoms with Crippen LogP contribution in [0.4, 0.5) is 0 Å². The van der Waals surface area contributed by atoms with Gasteiger partial charge in [-0.2, -0.15) is 0 Å². The number of nitrogens with zero attached hydrogens (tertiary/aromatic N) is 1. The smallest absolute Gasteiger partial charge is 0.308 e. The van der Waals surface area contributed by atoms with Crippen molar-refractivity contribution in [3.63, 3.8) is 0 Å². The van der Waals surface area contributed by atoms with Crippen molar-refractivity contribution in [1.82, 2.24) is 4.90 Å². The molecule has 0 saturated carbocycles. The lowest BCUT2D eigenvalue weighted by molar-refractivity contribution is -0.141. The summed E-state index contributed by atoms with van der Waals surface area (Å²) < 4.78 is 5.43. The van der Waals surface area contributed by atoms with E-state index in [1.165, 1.54) is 6.07 Å². The second-order valence-electron chi connectivity index (χ2n) is 5.15. The number of carboxylic acids is 1. The van der Waals surface area contributed by atoms with Gasteiger partial charge in [0.15, 0.2) is 0 Å². The van der Waals surface area contributed by atoms with Crippen molar-refractivity contribution in [2.45, 2.75) is 12.8 Å². The molecule has 1 atom stereocenters. The predicted octanol–water partition coefficient (Wildman–Crippen LogP) is 0.909. The summed E-state index contributed by atoms with van der Waals surface area (Å²) in [6.07, 6.45) is 0.649. The lowest BCUT2D eigenvalue weighted by atomic mass is 10.1. The molecule has 1 fully saturated rings. The highest BCUT2D eigenvalue weighted by Gasteiger charge is 2.30. The minimum absolute atomic E-state index is 0. The molecule has 1 saturated heterocycles. The van der Waals surface area contributed by atoms with Crippen molar-refractivity contribution in [3.8, 4) is 5.75 Å². The van der Waals surface area contributed by atoms with Gasteiger partial charge in [0.2, 0.25) is 11.8 Å². The summed E-state index contributed by atoms with van der Waals surface area (Å²) in [7, 11) is 0. The molecule has 1 unspecified atom stereocenters. The van der Waals surface area contributed by atoms with Crippen LogP contribution < -0.4 is 10.5 Å². The molecule has 0 spiro atoms. The van der Waals surface area contributed by atoms with Crippen molar-refractivity contribution in [2.24, 2.45) is 11.7 Å². The van der Waals surface area contributed by atoms with Gasteiger partial charge in [-0.3, -0.25) is 14.4 Å². The fourth-order valence-corrected chi connectivity index (χ4v) is 2.34. The van der Waals surface area contributed by atoms with Crippen molar-refractivity contribution < 1.29 is 24.2 Å². The molecule has 1 aliphatic rings. The zero-order chi connectivity index (χ0) is 16.1. The molecule has 2 amide bonds. The fourth-order valence-electron chi connectivity index (χ4n) is 2.34. The van der Waals surface area contributed by atoms with Gasteiger partial charge in [-0.15, -0.1) is 12.4 Å². The number of likely N-dealkylation sites (tertiary alicyclic amines) is 1. The molecule has 1 aromatic carbocycles. The molecule has 1 aliphatic heterocycles. The second kappa shape index (κ2) is 8.38. The Bertz CT molecular complexity index is 593. The average Bonchev–Trinajstić information content (AvgIpc) is 2.97. The monoisotopic (exact) mass is 342 g/mol. The average molecular weight is 343 g/mol. The zero-order valence-corrected chi connectivity index (χ0v) is 13.3. The summed E-state index contributed by atoms with van der Waals surface area (Å²) in [4.78, 5) is 35.4. The Labute approximate surface area is 139 Å². The number of benzene rings is 1. The minimum atomic E-state index is -0.866. The van der Waals surface area contributed by atoms with Gasteiger partial charge >= 0.3 is 5.97 Å². The molecular weight excluding hydrogens is 324 g/mol. The number of primary amides is 1. The Morgan fingerprint density at radius 2 is 2.09 bits per heavy atom. The number of carbonyl (C=O) groups excluding carboxylic acids is 2. The van der Waals surface area contributed by atoms with Crippen LogP contribution in [0.2, 0.25) is 0 Å². The first-order valence-electron chi connectivity index (χ1n) is 7.00. The SMILES string of the molecule is Cl.NC(=O)c1cccc(OCCC(=O)N2CCC(C(=O)O)C2)c1. The quantitative estimate of drug-likeness (QED) is 0.798. The third kappa shape index (κ3) is 5.14. The Balaban J connectivity index is 0.00000264. The van der Waals surface area contributed by atoms with E-state index in [9.17, 15) is 14.4 Å². The number of hydrogen-bond acceptors (Lipinski definition) is 4. The van der Waals surface area contributed by atoms with Gasteiger partial charge in [0.1, 0.15) is 5.75 Å².